The number of ether oxygens (including phenoxy) is 1. The third-order valence-electron chi connectivity index (χ3n) is 3.93. The predicted octanol–water partition coefficient (Wildman–Crippen LogP) is 2.67. The third-order valence-corrected chi connectivity index (χ3v) is 4.10. The molecule has 2 N–H and O–H groups in total. The van der Waals surface area contributed by atoms with Gasteiger partial charge in [0.25, 0.3) is 0 Å². The Kier molecular flexibility index (Phi) is 5.58. The molecule has 1 heterocycles. The van der Waals surface area contributed by atoms with E-state index < -0.39 is 0 Å². The molecule has 118 valence electrons. The van der Waals surface area contributed by atoms with E-state index >= 15 is 0 Å². The van der Waals surface area contributed by atoms with E-state index in [0.717, 1.165) is 32.1 Å². The van der Waals surface area contributed by atoms with Crippen molar-refractivity contribution in [2.75, 3.05) is 18.5 Å². The van der Waals surface area contributed by atoms with Crippen LogP contribution in [0.3, 0.4) is 0 Å². The molecule has 0 radical (unpaired) electrons. The van der Waals surface area contributed by atoms with Crippen molar-refractivity contribution in [3.05, 3.63) is 5.28 Å². The van der Waals surface area contributed by atoms with Crippen molar-refractivity contribution in [1.82, 2.24) is 15.0 Å². The summed E-state index contributed by atoms with van der Waals surface area (Å²) >= 11 is 5.91. The monoisotopic (exact) mass is 314 g/mol. The predicted molar refractivity (Wildman–Crippen MR) is 81.7 cm³/mol. The van der Waals surface area contributed by atoms with Crippen LogP contribution >= 0.6 is 11.6 Å². The van der Waals surface area contributed by atoms with Gasteiger partial charge in [0.05, 0.1) is 18.8 Å². The van der Waals surface area contributed by atoms with E-state index in [4.69, 9.17) is 16.3 Å². The van der Waals surface area contributed by atoms with Crippen molar-refractivity contribution in [2.24, 2.45) is 5.92 Å². The quantitative estimate of drug-likeness (QED) is 0.840. The summed E-state index contributed by atoms with van der Waals surface area (Å²) in [7, 11) is 0. The number of aliphatic hydroxyl groups excluding tert-OH is 1. The number of anilines is 1. The maximum atomic E-state index is 9.77. The van der Waals surface area contributed by atoms with Crippen molar-refractivity contribution in [3.63, 3.8) is 0 Å². The number of halogens is 1. The number of hydrogen-bond donors (Lipinski definition) is 2. The van der Waals surface area contributed by atoms with Crippen LogP contribution in [0.5, 0.6) is 6.01 Å². The van der Waals surface area contributed by atoms with Gasteiger partial charge in [-0.05, 0) is 49.6 Å². The molecule has 6 nitrogen and oxygen atoms in total. The first-order chi connectivity index (χ1) is 10.1. The summed E-state index contributed by atoms with van der Waals surface area (Å²) in [4.78, 5) is 12.3. The van der Waals surface area contributed by atoms with E-state index in [1.54, 1.807) is 0 Å². The SMILES string of the molecule is CCCOc1nc(Cl)nc(NC2(CO)CCC(C)CC2)n1. The highest BCUT2D eigenvalue weighted by molar-refractivity contribution is 6.28. The molecule has 7 heteroatoms. The molecule has 0 amide bonds. The van der Waals surface area contributed by atoms with E-state index in [-0.39, 0.29) is 23.4 Å². The summed E-state index contributed by atoms with van der Waals surface area (Å²) in [6.07, 6.45) is 4.79. The van der Waals surface area contributed by atoms with Crippen LogP contribution in [0, 0.1) is 5.92 Å². The van der Waals surface area contributed by atoms with Gasteiger partial charge >= 0.3 is 6.01 Å². The topological polar surface area (TPSA) is 80.2 Å². The van der Waals surface area contributed by atoms with Gasteiger partial charge in [0.15, 0.2) is 0 Å². The van der Waals surface area contributed by atoms with Crippen LogP contribution in [0.25, 0.3) is 0 Å². The molecule has 0 bridgehead atoms. The molecule has 2 rings (SSSR count). The standard InChI is InChI=1S/C14H23ClN4O2/c1-3-8-21-13-17-11(15)16-12(18-13)19-14(9-20)6-4-10(2)5-7-14/h10,20H,3-9H2,1-2H3,(H,16,17,18,19). The van der Waals surface area contributed by atoms with Crippen molar-refractivity contribution in [1.29, 1.82) is 0 Å². The molecule has 0 atom stereocenters. The van der Waals surface area contributed by atoms with Crippen molar-refractivity contribution < 1.29 is 9.84 Å². The van der Waals surface area contributed by atoms with Crippen LogP contribution < -0.4 is 10.1 Å². The zero-order valence-corrected chi connectivity index (χ0v) is 13.4. The number of nitrogens with zero attached hydrogens (tertiary/aromatic N) is 3. The van der Waals surface area contributed by atoms with Gasteiger partial charge in [0.2, 0.25) is 11.2 Å². The summed E-state index contributed by atoms with van der Waals surface area (Å²) in [6, 6.07) is 0.219. The first-order valence-corrected chi connectivity index (χ1v) is 7.88. The second-order valence-corrected chi connectivity index (χ2v) is 6.14. The van der Waals surface area contributed by atoms with Gasteiger partial charge in [-0.1, -0.05) is 13.8 Å². The molecule has 1 saturated carbocycles. The number of rotatable bonds is 6. The van der Waals surface area contributed by atoms with E-state index in [0.29, 0.717) is 18.5 Å². The van der Waals surface area contributed by atoms with Crippen molar-refractivity contribution in [2.45, 2.75) is 51.5 Å². The fourth-order valence-corrected chi connectivity index (χ4v) is 2.67. The van der Waals surface area contributed by atoms with Gasteiger partial charge in [-0.15, -0.1) is 0 Å². The molecule has 0 aromatic carbocycles. The molecule has 1 aromatic heterocycles. The minimum atomic E-state index is -0.376. The summed E-state index contributed by atoms with van der Waals surface area (Å²) in [5, 5.41) is 13.1. The lowest BCUT2D eigenvalue weighted by atomic mass is 9.77. The summed E-state index contributed by atoms with van der Waals surface area (Å²) in [5.74, 6) is 1.06. The first kappa shape index (κ1) is 16.2. The summed E-state index contributed by atoms with van der Waals surface area (Å²) in [6.45, 7) is 4.82. The molecular weight excluding hydrogens is 292 g/mol. The van der Waals surface area contributed by atoms with Gasteiger partial charge in [-0.3, -0.25) is 0 Å². The average molecular weight is 315 g/mol. The zero-order chi connectivity index (χ0) is 15.3. The lowest BCUT2D eigenvalue weighted by Gasteiger charge is -2.38. The Morgan fingerprint density at radius 1 is 1.33 bits per heavy atom. The first-order valence-electron chi connectivity index (χ1n) is 7.50. The Bertz CT molecular complexity index is 464. The highest BCUT2D eigenvalue weighted by Crippen LogP contribution is 2.34. The fourth-order valence-electron chi connectivity index (χ4n) is 2.52. The van der Waals surface area contributed by atoms with Gasteiger partial charge < -0.3 is 15.2 Å². The van der Waals surface area contributed by atoms with Crippen molar-refractivity contribution >= 4 is 17.5 Å². The Hall–Kier alpha value is -1.14. The molecule has 1 aliphatic rings. The zero-order valence-electron chi connectivity index (χ0n) is 12.6. The van der Waals surface area contributed by atoms with Crippen LogP contribution in [0.2, 0.25) is 5.28 Å². The number of hydrogen-bond acceptors (Lipinski definition) is 6. The molecule has 0 aliphatic heterocycles. The van der Waals surface area contributed by atoms with Gasteiger partial charge in [0.1, 0.15) is 0 Å². The largest absolute Gasteiger partial charge is 0.463 e. The Morgan fingerprint density at radius 3 is 2.67 bits per heavy atom. The van der Waals surface area contributed by atoms with Crippen LogP contribution in [0.4, 0.5) is 5.95 Å². The van der Waals surface area contributed by atoms with Gasteiger partial charge in [-0.25, -0.2) is 0 Å². The smallest absolute Gasteiger partial charge is 0.322 e. The van der Waals surface area contributed by atoms with Crippen LogP contribution in [0.15, 0.2) is 0 Å². The Morgan fingerprint density at radius 2 is 2.05 bits per heavy atom. The number of aliphatic hydroxyl groups is 1. The average Bonchev–Trinajstić information content (AvgIpc) is 2.47. The normalized spacial score (nSPS) is 25.6. The number of nitrogens with one attached hydrogen (secondary N) is 1. The van der Waals surface area contributed by atoms with Crippen molar-refractivity contribution in [3.8, 4) is 6.01 Å². The molecule has 0 spiro atoms. The third kappa shape index (κ3) is 4.41. The second-order valence-electron chi connectivity index (χ2n) is 5.81. The van der Waals surface area contributed by atoms with E-state index in [9.17, 15) is 5.11 Å². The molecule has 1 aliphatic carbocycles. The van der Waals surface area contributed by atoms with Gasteiger partial charge in [-0.2, -0.15) is 15.0 Å². The Balaban J connectivity index is 2.11. The lowest BCUT2D eigenvalue weighted by molar-refractivity contribution is 0.154. The summed E-state index contributed by atoms with van der Waals surface area (Å²) in [5.41, 5.74) is -0.376. The molecule has 21 heavy (non-hydrogen) atoms. The van der Waals surface area contributed by atoms with Crippen LogP contribution in [-0.2, 0) is 0 Å². The fraction of sp³-hybridized carbons (Fsp3) is 0.786. The highest BCUT2D eigenvalue weighted by Gasteiger charge is 2.34. The van der Waals surface area contributed by atoms with E-state index in [1.807, 2.05) is 6.92 Å². The maximum Gasteiger partial charge on any atom is 0.322 e. The van der Waals surface area contributed by atoms with E-state index in [1.165, 1.54) is 0 Å². The van der Waals surface area contributed by atoms with Crippen LogP contribution in [0.1, 0.15) is 46.0 Å². The molecular formula is C14H23ClN4O2. The van der Waals surface area contributed by atoms with E-state index in [2.05, 4.69) is 27.2 Å². The molecule has 0 unspecified atom stereocenters. The highest BCUT2D eigenvalue weighted by atomic mass is 35.5. The lowest BCUT2D eigenvalue weighted by Crippen LogP contribution is -2.45. The Labute approximate surface area is 130 Å². The molecule has 0 saturated heterocycles. The minimum Gasteiger partial charge on any atom is -0.463 e. The maximum absolute atomic E-state index is 9.77. The molecule has 1 fully saturated rings. The summed E-state index contributed by atoms with van der Waals surface area (Å²) < 4.78 is 5.40. The number of aromatic nitrogens is 3. The van der Waals surface area contributed by atoms with Crippen LogP contribution in [-0.4, -0.2) is 38.8 Å². The second kappa shape index (κ2) is 7.22. The minimum absolute atomic E-state index is 0.0498. The van der Waals surface area contributed by atoms with Gasteiger partial charge in [0, 0.05) is 0 Å². The molecule has 1 aromatic rings.